The molecule has 5 nitrogen and oxygen atoms in total. The van der Waals surface area contributed by atoms with Gasteiger partial charge in [0.1, 0.15) is 11.9 Å². The largest absolute Gasteiger partial charge is 0.327 e. The van der Waals surface area contributed by atoms with E-state index in [1.165, 1.54) is 44.9 Å². The first-order valence-electron chi connectivity index (χ1n) is 10.1. The summed E-state index contributed by atoms with van der Waals surface area (Å²) >= 11 is 0. The van der Waals surface area contributed by atoms with Crippen LogP contribution in [0.1, 0.15) is 80.7 Å². The zero-order valence-electron chi connectivity index (χ0n) is 16.5. The summed E-state index contributed by atoms with van der Waals surface area (Å²) in [7, 11) is 2.05. The summed E-state index contributed by atoms with van der Waals surface area (Å²) in [6.45, 7) is 4.45. The molecule has 0 atom stereocenters. The van der Waals surface area contributed by atoms with Gasteiger partial charge in [-0.15, -0.1) is 0 Å². The molecule has 1 aromatic rings. The molecule has 0 aliphatic heterocycles. The lowest BCUT2D eigenvalue weighted by Gasteiger charge is -2.30. The van der Waals surface area contributed by atoms with Gasteiger partial charge in [0.15, 0.2) is 0 Å². The number of carbonyl (C=O) groups is 1. The molecule has 3 rings (SSSR count). The maximum atomic E-state index is 12.7. The van der Waals surface area contributed by atoms with Gasteiger partial charge in [-0.05, 0) is 52.1 Å². The molecule has 0 aromatic carbocycles. The fourth-order valence-electron chi connectivity index (χ4n) is 4.75. The number of hydrogen-bond acceptors (Lipinski definition) is 3. The number of nitrogens with one attached hydrogen (secondary N) is 1. The molecule has 2 aliphatic carbocycles. The highest BCUT2D eigenvalue weighted by Gasteiger charge is 2.27. The first kappa shape index (κ1) is 19.0. The van der Waals surface area contributed by atoms with Gasteiger partial charge in [0, 0.05) is 17.8 Å². The molecule has 1 aromatic heterocycles. The van der Waals surface area contributed by atoms with E-state index in [-0.39, 0.29) is 5.91 Å². The van der Waals surface area contributed by atoms with E-state index >= 15 is 0 Å². The topological polar surface area (TPSA) is 61.1 Å². The first-order valence-corrected chi connectivity index (χ1v) is 10.1. The van der Waals surface area contributed by atoms with Crippen molar-refractivity contribution in [3.8, 4) is 6.07 Å². The summed E-state index contributed by atoms with van der Waals surface area (Å²) in [5.74, 6) is 0.711. The second kappa shape index (κ2) is 8.26. The van der Waals surface area contributed by atoms with E-state index < -0.39 is 0 Å². The Kier molecular flexibility index (Phi) is 6.03. The smallest absolute Gasteiger partial charge is 0.239 e. The third-order valence-electron chi connectivity index (χ3n) is 6.41. The molecule has 142 valence electrons. The number of rotatable bonds is 5. The van der Waals surface area contributed by atoms with Crippen LogP contribution in [-0.4, -0.2) is 35.0 Å². The predicted molar refractivity (Wildman–Crippen MR) is 104 cm³/mol. The summed E-state index contributed by atoms with van der Waals surface area (Å²) < 4.78 is 2.22. The number of nitrogens with zero attached hydrogens (tertiary/aromatic N) is 3. The summed E-state index contributed by atoms with van der Waals surface area (Å²) in [4.78, 5) is 14.9. The number of likely N-dealkylation sites (N-methyl/N-ethyl adjacent to an activating group) is 1. The molecule has 1 heterocycles. The molecule has 0 unspecified atom stereocenters. The van der Waals surface area contributed by atoms with Crippen molar-refractivity contribution in [2.24, 2.45) is 0 Å². The second-order valence-corrected chi connectivity index (χ2v) is 8.11. The molecule has 0 saturated heterocycles. The second-order valence-electron chi connectivity index (χ2n) is 8.11. The molecule has 5 heteroatoms. The van der Waals surface area contributed by atoms with E-state index in [4.69, 9.17) is 0 Å². The third kappa shape index (κ3) is 3.81. The molecule has 0 radical (unpaired) electrons. The lowest BCUT2D eigenvalue weighted by atomic mass is 9.94. The normalized spacial score (nSPS) is 19.0. The standard InChI is InChI=1S/C21H32N4O/c1-15-16(2)25(18-11-7-8-12-18)21(19(15)13-22)23-20(26)14-24(3)17-9-5-4-6-10-17/h17-18H,4-12,14H2,1-3H3,(H,23,26). The van der Waals surface area contributed by atoms with E-state index in [1.807, 2.05) is 14.0 Å². The Labute approximate surface area is 157 Å². The van der Waals surface area contributed by atoms with Crippen molar-refractivity contribution < 1.29 is 4.79 Å². The Morgan fingerprint density at radius 2 is 1.77 bits per heavy atom. The number of aromatic nitrogens is 1. The lowest BCUT2D eigenvalue weighted by molar-refractivity contribution is -0.117. The minimum Gasteiger partial charge on any atom is -0.327 e. The molecule has 1 N–H and O–H groups in total. The lowest BCUT2D eigenvalue weighted by Crippen LogP contribution is -2.39. The van der Waals surface area contributed by atoms with E-state index in [2.05, 4.69) is 27.8 Å². The molecular weight excluding hydrogens is 324 g/mol. The first-order chi connectivity index (χ1) is 12.5. The molecule has 2 aliphatic rings. The minimum absolute atomic E-state index is 0.00804. The van der Waals surface area contributed by atoms with Gasteiger partial charge in [-0.1, -0.05) is 32.1 Å². The van der Waals surface area contributed by atoms with Crippen molar-refractivity contribution in [1.29, 1.82) is 5.26 Å². The Hall–Kier alpha value is -1.80. The monoisotopic (exact) mass is 356 g/mol. The van der Waals surface area contributed by atoms with Crippen LogP contribution >= 0.6 is 0 Å². The molecule has 0 spiro atoms. The van der Waals surface area contributed by atoms with Crippen LogP contribution in [0.15, 0.2) is 0 Å². The van der Waals surface area contributed by atoms with E-state index in [1.54, 1.807) is 0 Å². The van der Waals surface area contributed by atoms with Crippen LogP contribution in [-0.2, 0) is 4.79 Å². The maximum Gasteiger partial charge on any atom is 0.239 e. The number of nitriles is 1. The van der Waals surface area contributed by atoms with Crippen molar-refractivity contribution in [2.45, 2.75) is 83.7 Å². The molecular formula is C21H32N4O. The van der Waals surface area contributed by atoms with Gasteiger partial charge in [0.25, 0.3) is 0 Å². The summed E-state index contributed by atoms with van der Waals surface area (Å²) in [6.07, 6.45) is 10.9. The van der Waals surface area contributed by atoms with Gasteiger partial charge < -0.3 is 9.88 Å². The highest BCUT2D eigenvalue weighted by atomic mass is 16.2. The van der Waals surface area contributed by atoms with Crippen molar-refractivity contribution >= 4 is 11.7 Å². The van der Waals surface area contributed by atoms with Gasteiger partial charge in [0.2, 0.25) is 5.91 Å². The summed E-state index contributed by atoms with van der Waals surface area (Å²) in [6, 6.07) is 3.24. The number of hydrogen-bond donors (Lipinski definition) is 1. The SMILES string of the molecule is Cc1c(C#N)c(NC(=O)CN(C)C2CCCCC2)n(C2CCCC2)c1C. The zero-order valence-corrected chi connectivity index (χ0v) is 16.5. The van der Waals surface area contributed by atoms with Crippen LogP contribution in [0.5, 0.6) is 0 Å². The Balaban J connectivity index is 1.76. The molecule has 26 heavy (non-hydrogen) atoms. The van der Waals surface area contributed by atoms with Crippen LogP contribution in [0.3, 0.4) is 0 Å². The highest BCUT2D eigenvalue weighted by molar-refractivity contribution is 5.93. The van der Waals surface area contributed by atoms with Crippen LogP contribution in [0, 0.1) is 25.2 Å². The van der Waals surface area contributed by atoms with Gasteiger partial charge >= 0.3 is 0 Å². The van der Waals surface area contributed by atoms with Crippen LogP contribution in [0.2, 0.25) is 0 Å². The quantitative estimate of drug-likeness (QED) is 0.856. The third-order valence-corrected chi connectivity index (χ3v) is 6.41. The van der Waals surface area contributed by atoms with E-state index in [9.17, 15) is 10.1 Å². The number of amides is 1. The number of anilines is 1. The minimum atomic E-state index is -0.00804. The molecule has 0 bridgehead atoms. The predicted octanol–water partition coefficient (Wildman–Crippen LogP) is 4.29. The fourth-order valence-corrected chi connectivity index (χ4v) is 4.75. The van der Waals surface area contributed by atoms with Gasteiger partial charge in [-0.25, -0.2) is 0 Å². The van der Waals surface area contributed by atoms with Crippen LogP contribution in [0.25, 0.3) is 0 Å². The summed E-state index contributed by atoms with van der Waals surface area (Å²) in [5.41, 5.74) is 2.74. The van der Waals surface area contributed by atoms with Crippen LogP contribution in [0.4, 0.5) is 5.82 Å². The average molecular weight is 357 g/mol. The van der Waals surface area contributed by atoms with E-state index in [0.29, 0.717) is 24.2 Å². The maximum absolute atomic E-state index is 12.7. The molecule has 1 amide bonds. The zero-order chi connectivity index (χ0) is 18.7. The van der Waals surface area contributed by atoms with Crippen molar-refractivity contribution in [1.82, 2.24) is 9.47 Å². The highest BCUT2D eigenvalue weighted by Crippen LogP contribution is 2.37. The van der Waals surface area contributed by atoms with Gasteiger partial charge in [-0.2, -0.15) is 5.26 Å². The van der Waals surface area contributed by atoms with Crippen molar-refractivity contribution in [3.05, 3.63) is 16.8 Å². The molecule has 2 fully saturated rings. The van der Waals surface area contributed by atoms with Crippen molar-refractivity contribution in [2.75, 3.05) is 18.9 Å². The Bertz CT molecular complexity index is 688. The fraction of sp³-hybridized carbons (Fsp3) is 0.714. The number of carbonyl (C=O) groups excluding carboxylic acids is 1. The molecule has 2 saturated carbocycles. The Morgan fingerprint density at radius 3 is 2.38 bits per heavy atom. The average Bonchev–Trinajstić information content (AvgIpc) is 3.23. The Morgan fingerprint density at radius 1 is 1.15 bits per heavy atom. The van der Waals surface area contributed by atoms with Gasteiger partial charge in [0.05, 0.1) is 12.1 Å². The van der Waals surface area contributed by atoms with Crippen molar-refractivity contribution in [3.63, 3.8) is 0 Å². The summed E-state index contributed by atoms with van der Waals surface area (Å²) in [5, 5.41) is 12.8. The van der Waals surface area contributed by atoms with Crippen LogP contribution < -0.4 is 5.32 Å². The van der Waals surface area contributed by atoms with Gasteiger partial charge in [-0.3, -0.25) is 9.69 Å². The van der Waals surface area contributed by atoms with E-state index in [0.717, 1.165) is 29.9 Å².